The van der Waals surface area contributed by atoms with E-state index in [-0.39, 0.29) is 11.8 Å². The monoisotopic (exact) mass is 218 g/mol. The van der Waals surface area contributed by atoms with Gasteiger partial charge in [-0.1, -0.05) is 18.2 Å². The molecule has 0 heterocycles. The Labute approximate surface area is 94.4 Å². The number of para-hydroxylation sites is 1. The third-order valence-electron chi connectivity index (χ3n) is 1.88. The van der Waals surface area contributed by atoms with Crippen LogP contribution < -0.4 is 10.6 Å². The number of hydrogen-bond acceptors (Lipinski definition) is 2. The Morgan fingerprint density at radius 2 is 1.75 bits per heavy atom. The molecule has 84 valence electrons. The van der Waals surface area contributed by atoms with E-state index in [0.29, 0.717) is 5.57 Å². The topological polar surface area (TPSA) is 58.2 Å². The van der Waals surface area contributed by atoms with Gasteiger partial charge < -0.3 is 10.6 Å². The van der Waals surface area contributed by atoms with Crippen molar-refractivity contribution in [3.8, 4) is 0 Å². The quantitative estimate of drug-likeness (QED) is 0.758. The van der Waals surface area contributed by atoms with Gasteiger partial charge in [-0.25, -0.2) is 0 Å². The summed E-state index contributed by atoms with van der Waals surface area (Å²) < 4.78 is 0. The second-order valence-corrected chi connectivity index (χ2v) is 3.35. The lowest BCUT2D eigenvalue weighted by Crippen LogP contribution is -2.18. The van der Waals surface area contributed by atoms with Crippen molar-refractivity contribution >= 4 is 17.5 Å². The molecule has 0 aromatic heterocycles. The van der Waals surface area contributed by atoms with Gasteiger partial charge in [-0.05, 0) is 19.1 Å². The summed E-state index contributed by atoms with van der Waals surface area (Å²) in [6.45, 7) is 3.02. The van der Waals surface area contributed by atoms with Crippen LogP contribution in [0.3, 0.4) is 0 Å². The first-order chi connectivity index (χ1) is 7.59. The molecule has 0 aliphatic heterocycles. The molecule has 0 radical (unpaired) electrons. The number of anilines is 1. The number of amides is 2. The molecule has 1 aromatic rings. The molecule has 2 amide bonds. The average Bonchev–Trinajstić information content (AvgIpc) is 2.27. The van der Waals surface area contributed by atoms with Crippen molar-refractivity contribution in [2.24, 2.45) is 0 Å². The minimum absolute atomic E-state index is 0.202. The molecular formula is C12H14N2O2. The first-order valence-corrected chi connectivity index (χ1v) is 4.90. The highest BCUT2D eigenvalue weighted by Gasteiger charge is 2.03. The fourth-order valence-corrected chi connectivity index (χ4v) is 1.03. The van der Waals surface area contributed by atoms with Crippen LogP contribution in [0.5, 0.6) is 0 Å². The maximum absolute atomic E-state index is 11.6. The van der Waals surface area contributed by atoms with Crippen molar-refractivity contribution in [3.05, 3.63) is 42.1 Å². The Balaban J connectivity index is 2.59. The van der Waals surface area contributed by atoms with Gasteiger partial charge in [-0.3, -0.25) is 9.59 Å². The Morgan fingerprint density at radius 3 is 2.31 bits per heavy atom. The zero-order chi connectivity index (χ0) is 12.0. The van der Waals surface area contributed by atoms with E-state index in [0.717, 1.165) is 5.69 Å². The molecular weight excluding hydrogens is 204 g/mol. The molecule has 0 spiro atoms. The molecule has 1 aromatic carbocycles. The van der Waals surface area contributed by atoms with Gasteiger partial charge >= 0.3 is 0 Å². The molecule has 0 saturated heterocycles. The van der Waals surface area contributed by atoms with Gasteiger partial charge in [0.1, 0.15) is 0 Å². The van der Waals surface area contributed by atoms with E-state index in [4.69, 9.17) is 0 Å². The smallest absolute Gasteiger partial charge is 0.252 e. The summed E-state index contributed by atoms with van der Waals surface area (Å²) in [6.07, 6.45) is 1.39. The van der Waals surface area contributed by atoms with Crippen LogP contribution in [0.15, 0.2) is 42.1 Å². The fourth-order valence-electron chi connectivity index (χ4n) is 1.03. The van der Waals surface area contributed by atoms with Crippen LogP contribution in [0.2, 0.25) is 0 Å². The summed E-state index contributed by atoms with van der Waals surface area (Å²) in [4.78, 5) is 22.2. The summed E-state index contributed by atoms with van der Waals surface area (Å²) in [5.74, 6) is -0.438. The third-order valence-corrected chi connectivity index (χ3v) is 1.88. The minimum atomic E-state index is -0.236. The zero-order valence-corrected chi connectivity index (χ0v) is 9.28. The van der Waals surface area contributed by atoms with E-state index in [1.54, 1.807) is 19.1 Å². The molecule has 2 N–H and O–H groups in total. The van der Waals surface area contributed by atoms with Crippen LogP contribution in [0.4, 0.5) is 5.69 Å². The molecule has 16 heavy (non-hydrogen) atoms. The lowest BCUT2D eigenvalue weighted by atomic mass is 10.2. The second kappa shape index (κ2) is 5.70. The number of rotatable bonds is 3. The molecule has 0 unspecified atom stereocenters. The van der Waals surface area contributed by atoms with Crippen molar-refractivity contribution in [2.75, 3.05) is 5.32 Å². The third kappa shape index (κ3) is 3.96. The van der Waals surface area contributed by atoms with Crippen LogP contribution in [0, 0.1) is 0 Å². The number of hydrogen-bond donors (Lipinski definition) is 2. The van der Waals surface area contributed by atoms with Gasteiger partial charge in [0, 0.05) is 24.4 Å². The second-order valence-electron chi connectivity index (χ2n) is 3.35. The van der Waals surface area contributed by atoms with Crippen LogP contribution in [-0.2, 0) is 9.59 Å². The van der Waals surface area contributed by atoms with Crippen molar-refractivity contribution in [1.29, 1.82) is 0 Å². The molecule has 4 heteroatoms. The van der Waals surface area contributed by atoms with Gasteiger partial charge in [0.2, 0.25) is 5.91 Å². The van der Waals surface area contributed by atoms with E-state index in [2.05, 4.69) is 10.6 Å². The summed E-state index contributed by atoms with van der Waals surface area (Å²) in [5.41, 5.74) is 1.17. The maximum Gasteiger partial charge on any atom is 0.252 e. The Bertz CT molecular complexity index is 410. The van der Waals surface area contributed by atoms with E-state index in [9.17, 15) is 9.59 Å². The van der Waals surface area contributed by atoms with Gasteiger partial charge in [-0.2, -0.15) is 0 Å². The summed E-state index contributed by atoms with van der Waals surface area (Å²) in [6, 6.07) is 9.13. The Morgan fingerprint density at radius 1 is 1.12 bits per heavy atom. The van der Waals surface area contributed by atoms with Crippen LogP contribution in [0.25, 0.3) is 0 Å². The maximum atomic E-state index is 11.6. The number of nitrogens with one attached hydrogen (secondary N) is 2. The van der Waals surface area contributed by atoms with E-state index < -0.39 is 0 Å². The highest BCUT2D eigenvalue weighted by Crippen LogP contribution is 2.06. The highest BCUT2D eigenvalue weighted by atomic mass is 16.2. The molecule has 0 atom stereocenters. The number of benzene rings is 1. The van der Waals surface area contributed by atoms with Crippen molar-refractivity contribution < 1.29 is 9.59 Å². The van der Waals surface area contributed by atoms with Crippen molar-refractivity contribution in [3.63, 3.8) is 0 Å². The van der Waals surface area contributed by atoms with E-state index >= 15 is 0 Å². The summed E-state index contributed by atoms with van der Waals surface area (Å²) in [5, 5.41) is 5.16. The fraction of sp³-hybridized carbons (Fsp3) is 0.167. The number of carbonyl (C=O) groups is 2. The van der Waals surface area contributed by atoms with Gasteiger partial charge in [-0.15, -0.1) is 0 Å². The van der Waals surface area contributed by atoms with Gasteiger partial charge in [0.05, 0.1) is 0 Å². The van der Waals surface area contributed by atoms with Gasteiger partial charge in [0.25, 0.3) is 5.91 Å². The standard InChI is InChI=1S/C12H14N2O2/c1-9(8-13-10(2)15)12(16)14-11-6-4-3-5-7-11/h3-8H,1-2H3,(H,13,15)(H,14,16)/b9-8-. The largest absolute Gasteiger partial charge is 0.332 e. The zero-order valence-electron chi connectivity index (χ0n) is 9.28. The minimum Gasteiger partial charge on any atom is -0.332 e. The average molecular weight is 218 g/mol. The first kappa shape index (κ1) is 12.0. The van der Waals surface area contributed by atoms with Crippen LogP contribution >= 0.6 is 0 Å². The van der Waals surface area contributed by atoms with Crippen molar-refractivity contribution in [1.82, 2.24) is 5.32 Å². The van der Waals surface area contributed by atoms with E-state index in [1.165, 1.54) is 13.1 Å². The predicted octanol–water partition coefficient (Wildman–Crippen LogP) is 1.67. The lowest BCUT2D eigenvalue weighted by molar-refractivity contribution is -0.118. The predicted molar refractivity (Wildman–Crippen MR) is 62.6 cm³/mol. The number of carbonyl (C=O) groups excluding carboxylic acids is 2. The van der Waals surface area contributed by atoms with E-state index in [1.807, 2.05) is 18.2 Å². The molecule has 0 fully saturated rings. The molecule has 0 aliphatic carbocycles. The first-order valence-electron chi connectivity index (χ1n) is 4.90. The molecule has 4 nitrogen and oxygen atoms in total. The molecule has 0 saturated carbocycles. The Hall–Kier alpha value is -2.10. The normalized spacial score (nSPS) is 10.8. The Kier molecular flexibility index (Phi) is 4.27. The summed E-state index contributed by atoms with van der Waals surface area (Å²) in [7, 11) is 0. The highest BCUT2D eigenvalue weighted by molar-refractivity contribution is 6.03. The summed E-state index contributed by atoms with van der Waals surface area (Å²) >= 11 is 0. The SMILES string of the molecule is CC(=O)N/C=C(/C)C(=O)Nc1ccccc1. The van der Waals surface area contributed by atoms with Gasteiger partial charge in [0.15, 0.2) is 0 Å². The van der Waals surface area contributed by atoms with Crippen molar-refractivity contribution in [2.45, 2.75) is 13.8 Å². The lowest BCUT2D eigenvalue weighted by Gasteiger charge is -2.04. The molecule has 0 bridgehead atoms. The molecule has 0 aliphatic rings. The van der Waals surface area contributed by atoms with Crippen LogP contribution in [0.1, 0.15) is 13.8 Å². The van der Waals surface area contributed by atoms with Crippen LogP contribution in [-0.4, -0.2) is 11.8 Å². The molecule has 1 rings (SSSR count).